The van der Waals surface area contributed by atoms with E-state index in [1.807, 2.05) is 6.20 Å². The van der Waals surface area contributed by atoms with Crippen molar-refractivity contribution < 1.29 is 0 Å². The molecule has 0 unspecified atom stereocenters. The first-order valence-corrected chi connectivity index (χ1v) is 7.18. The summed E-state index contributed by atoms with van der Waals surface area (Å²) in [6.45, 7) is 3.14. The minimum absolute atomic E-state index is 0.702. The van der Waals surface area contributed by atoms with E-state index in [-0.39, 0.29) is 0 Å². The molecule has 1 heterocycles. The molecular formula is C13H19BrN2. The van der Waals surface area contributed by atoms with Crippen LogP contribution in [0.3, 0.4) is 0 Å². The van der Waals surface area contributed by atoms with E-state index >= 15 is 0 Å². The molecule has 0 bridgehead atoms. The van der Waals surface area contributed by atoms with E-state index in [9.17, 15) is 0 Å². The smallest absolute Gasteiger partial charge is 0.128 e. The van der Waals surface area contributed by atoms with Crippen molar-refractivity contribution in [2.24, 2.45) is 0 Å². The molecular weight excluding hydrogens is 264 g/mol. The van der Waals surface area contributed by atoms with E-state index in [1.165, 1.54) is 31.2 Å². The number of hydrogen-bond donors (Lipinski definition) is 0. The highest BCUT2D eigenvalue weighted by molar-refractivity contribution is 9.09. The van der Waals surface area contributed by atoms with E-state index in [4.69, 9.17) is 0 Å². The molecule has 0 aromatic carbocycles. The third-order valence-electron chi connectivity index (χ3n) is 3.28. The van der Waals surface area contributed by atoms with Crippen LogP contribution in [-0.2, 0) is 0 Å². The maximum Gasteiger partial charge on any atom is 0.128 e. The summed E-state index contributed by atoms with van der Waals surface area (Å²) in [5, 5.41) is 1.01. The van der Waals surface area contributed by atoms with Gasteiger partial charge in [-0.25, -0.2) is 4.98 Å². The van der Waals surface area contributed by atoms with Crippen molar-refractivity contribution >= 4 is 21.7 Å². The predicted molar refractivity (Wildman–Crippen MR) is 72.4 cm³/mol. The molecule has 2 rings (SSSR count). The van der Waals surface area contributed by atoms with Gasteiger partial charge in [-0.2, -0.15) is 0 Å². The second-order valence-electron chi connectivity index (χ2n) is 4.51. The highest BCUT2D eigenvalue weighted by Crippen LogP contribution is 2.27. The number of anilines is 1. The Morgan fingerprint density at radius 1 is 1.38 bits per heavy atom. The molecule has 1 aliphatic carbocycles. The van der Waals surface area contributed by atoms with Crippen LogP contribution in [0.25, 0.3) is 0 Å². The summed E-state index contributed by atoms with van der Waals surface area (Å²) in [6, 6.07) is 5.00. The van der Waals surface area contributed by atoms with Gasteiger partial charge in [-0.15, -0.1) is 0 Å². The molecule has 1 aromatic heterocycles. The summed E-state index contributed by atoms with van der Waals surface area (Å²) < 4.78 is 0. The molecule has 1 fully saturated rings. The van der Waals surface area contributed by atoms with Crippen molar-refractivity contribution in [3.63, 3.8) is 0 Å². The zero-order valence-corrected chi connectivity index (χ0v) is 11.4. The summed E-state index contributed by atoms with van der Waals surface area (Å²) in [6.07, 6.45) is 7.35. The lowest BCUT2D eigenvalue weighted by Gasteiger charge is -2.29. The van der Waals surface area contributed by atoms with Gasteiger partial charge in [0, 0.05) is 24.1 Å². The Hall–Kier alpha value is -0.570. The molecule has 0 saturated heterocycles. The molecule has 2 nitrogen and oxygen atoms in total. The molecule has 0 aliphatic heterocycles. The molecule has 0 radical (unpaired) electrons. The molecule has 16 heavy (non-hydrogen) atoms. The van der Waals surface area contributed by atoms with Gasteiger partial charge in [0.25, 0.3) is 0 Å². The summed E-state index contributed by atoms with van der Waals surface area (Å²) in [4.78, 5) is 7.01. The fourth-order valence-corrected chi connectivity index (χ4v) is 2.80. The lowest BCUT2D eigenvalue weighted by atomic mass is 10.2. The number of pyridine rings is 1. The Bertz CT molecular complexity index is 317. The van der Waals surface area contributed by atoms with E-state index in [0.29, 0.717) is 6.04 Å². The van der Waals surface area contributed by atoms with Gasteiger partial charge < -0.3 is 4.90 Å². The van der Waals surface area contributed by atoms with E-state index in [2.05, 4.69) is 44.9 Å². The van der Waals surface area contributed by atoms with Gasteiger partial charge in [0.05, 0.1) is 0 Å². The van der Waals surface area contributed by atoms with Gasteiger partial charge in [0.2, 0.25) is 0 Å². The maximum atomic E-state index is 4.55. The highest BCUT2D eigenvalue weighted by Gasteiger charge is 2.22. The highest BCUT2D eigenvalue weighted by atomic mass is 79.9. The Balaban J connectivity index is 2.14. The molecule has 1 aromatic rings. The first-order valence-electron chi connectivity index (χ1n) is 6.06. The monoisotopic (exact) mass is 282 g/mol. The summed E-state index contributed by atoms with van der Waals surface area (Å²) >= 11 is 3.54. The van der Waals surface area contributed by atoms with Gasteiger partial charge >= 0.3 is 0 Å². The number of alkyl halides is 1. The average Bonchev–Trinajstić information content (AvgIpc) is 2.81. The average molecular weight is 283 g/mol. The van der Waals surface area contributed by atoms with Crippen LogP contribution in [0.5, 0.6) is 0 Å². The second-order valence-corrected chi connectivity index (χ2v) is 5.31. The van der Waals surface area contributed by atoms with Crippen LogP contribution < -0.4 is 4.90 Å². The van der Waals surface area contributed by atoms with Gasteiger partial charge in [-0.05, 0) is 31.4 Å². The largest absolute Gasteiger partial charge is 0.353 e. The van der Waals surface area contributed by atoms with Crippen molar-refractivity contribution in [1.29, 1.82) is 0 Å². The zero-order valence-electron chi connectivity index (χ0n) is 9.82. The lowest BCUT2D eigenvalue weighted by molar-refractivity contribution is 0.616. The SMILES string of the molecule is Cc1ccc(N(CCBr)C2CCCC2)nc1. The maximum absolute atomic E-state index is 4.55. The van der Waals surface area contributed by atoms with Crippen LogP contribution in [0.1, 0.15) is 31.2 Å². The van der Waals surface area contributed by atoms with Gasteiger partial charge in [-0.1, -0.05) is 34.8 Å². The number of rotatable bonds is 4. The fourth-order valence-electron chi connectivity index (χ4n) is 2.42. The quantitative estimate of drug-likeness (QED) is 0.786. The van der Waals surface area contributed by atoms with E-state index < -0.39 is 0 Å². The van der Waals surface area contributed by atoms with Crippen LogP contribution in [-0.4, -0.2) is 22.9 Å². The standard InChI is InChI=1S/C13H19BrN2/c1-11-6-7-13(15-10-11)16(9-8-14)12-4-2-3-5-12/h6-7,10,12H,2-5,8-9H2,1H3. The van der Waals surface area contributed by atoms with Crippen LogP contribution in [0, 0.1) is 6.92 Å². The van der Waals surface area contributed by atoms with E-state index in [1.54, 1.807) is 0 Å². The minimum Gasteiger partial charge on any atom is -0.353 e. The molecule has 88 valence electrons. The first kappa shape index (κ1) is 11.9. The third kappa shape index (κ3) is 2.76. The molecule has 1 aliphatic rings. The fraction of sp³-hybridized carbons (Fsp3) is 0.615. The second kappa shape index (κ2) is 5.67. The Morgan fingerprint density at radius 2 is 2.12 bits per heavy atom. The van der Waals surface area contributed by atoms with Crippen molar-refractivity contribution in [2.45, 2.75) is 38.6 Å². The molecule has 0 spiro atoms. The topological polar surface area (TPSA) is 16.1 Å². The van der Waals surface area contributed by atoms with Gasteiger partial charge in [0.15, 0.2) is 0 Å². The molecule has 0 atom stereocenters. The number of aryl methyl sites for hydroxylation is 1. The molecule has 0 N–H and O–H groups in total. The van der Waals surface area contributed by atoms with Crippen LogP contribution in [0.15, 0.2) is 18.3 Å². The third-order valence-corrected chi connectivity index (χ3v) is 3.64. The molecule has 1 saturated carbocycles. The van der Waals surface area contributed by atoms with Crippen LogP contribution in [0.4, 0.5) is 5.82 Å². The Labute approximate surface area is 106 Å². The summed E-state index contributed by atoms with van der Waals surface area (Å²) in [7, 11) is 0. The normalized spacial score (nSPS) is 16.6. The van der Waals surface area contributed by atoms with Crippen molar-refractivity contribution in [2.75, 3.05) is 16.8 Å². The van der Waals surface area contributed by atoms with Crippen molar-refractivity contribution in [1.82, 2.24) is 4.98 Å². The molecule has 3 heteroatoms. The zero-order chi connectivity index (χ0) is 11.4. The number of halogens is 1. The number of aromatic nitrogens is 1. The minimum atomic E-state index is 0.702. The Morgan fingerprint density at radius 3 is 2.69 bits per heavy atom. The summed E-state index contributed by atoms with van der Waals surface area (Å²) in [5.74, 6) is 1.14. The molecule has 0 amide bonds. The van der Waals surface area contributed by atoms with Gasteiger partial charge in [-0.3, -0.25) is 0 Å². The summed E-state index contributed by atoms with van der Waals surface area (Å²) in [5.41, 5.74) is 1.23. The van der Waals surface area contributed by atoms with Gasteiger partial charge in [0.1, 0.15) is 5.82 Å². The predicted octanol–water partition coefficient (Wildman–Crippen LogP) is 3.53. The first-order chi connectivity index (χ1) is 7.81. The Kier molecular flexibility index (Phi) is 4.22. The number of nitrogens with zero attached hydrogens (tertiary/aromatic N) is 2. The lowest BCUT2D eigenvalue weighted by Crippen LogP contribution is -2.35. The van der Waals surface area contributed by atoms with Crippen LogP contribution in [0.2, 0.25) is 0 Å². The van der Waals surface area contributed by atoms with Crippen molar-refractivity contribution in [3.05, 3.63) is 23.9 Å². The van der Waals surface area contributed by atoms with Crippen molar-refractivity contribution in [3.8, 4) is 0 Å². The van der Waals surface area contributed by atoms with E-state index in [0.717, 1.165) is 17.7 Å². The van der Waals surface area contributed by atoms with Crippen LogP contribution >= 0.6 is 15.9 Å². The number of hydrogen-bond acceptors (Lipinski definition) is 2.